The molecule has 0 atom stereocenters. The number of nitriles is 1. The molecule has 0 saturated carbocycles. The number of nitrogens with two attached hydrogens (primary N) is 1. The van der Waals surface area contributed by atoms with Crippen LogP contribution in [-0.2, 0) is 37.9 Å². The van der Waals surface area contributed by atoms with E-state index in [4.69, 9.17) is 11.0 Å². The molecule has 0 aliphatic rings. The Labute approximate surface area is 183 Å². The lowest BCUT2D eigenvalue weighted by molar-refractivity contribution is -0.115. The third kappa shape index (κ3) is 9.71. The molecule has 168 valence electrons. The van der Waals surface area contributed by atoms with Crippen molar-refractivity contribution in [3.8, 4) is 6.07 Å². The standard InChI is InChI=1S/C10H14N2O3S.C10H12N2O2S/c1-12(16(14,15)8-10(11)13)7-9-5-3-2-4-6-9;1-12(15(13,14)8-7-11)9-10-5-3-2-4-6-10/h2-6H,7-8H2,1H3,(H2,11,13);2-6H,8-9H2,1H3. The Balaban J connectivity index is 0.000000311. The molecule has 0 radical (unpaired) electrons. The van der Waals surface area contributed by atoms with Gasteiger partial charge in [0.2, 0.25) is 26.0 Å². The molecule has 2 aromatic carbocycles. The van der Waals surface area contributed by atoms with Crippen LogP contribution >= 0.6 is 0 Å². The molecule has 0 heterocycles. The van der Waals surface area contributed by atoms with Crippen LogP contribution in [0.2, 0.25) is 0 Å². The van der Waals surface area contributed by atoms with Gasteiger partial charge in [-0.15, -0.1) is 0 Å². The zero-order valence-corrected chi connectivity index (χ0v) is 19.0. The number of carbonyl (C=O) groups excluding carboxylic acids is 1. The number of hydrogen-bond acceptors (Lipinski definition) is 6. The highest BCUT2D eigenvalue weighted by atomic mass is 32.2. The molecule has 2 aromatic rings. The van der Waals surface area contributed by atoms with Gasteiger partial charge in [-0.05, 0) is 11.1 Å². The van der Waals surface area contributed by atoms with Crippen LogP contribution in [0.1, 0.15) is 11.1 Å². The molecule has 31 heavy (non-hydrogen) atoms. The Kier molecular flexibility index (Phi) is 10.3. The summed E-state index contributed by atoms with van der Waals surface area (Å²) >= 11 is 0. The predicted octanol–water partition coefficient (Wildman–Crippen LogP) is 0.905. The lowest BCUT2D eigenvalue weighted by Crippen LogP contribution is -2.34. The van der Waals surface area contributed by atoms with Gasteiger partial charge in [-0.2, -0.15) is 9.57 Å². The zero-order chi connectivity index (χ0) is 23.5. The Morgan fingerprint density at radius 2 is 1.23 bits per heavy atom. The van der Waals surface area contributed by atoms with Crippen LogP contribution in [0.4, 0.5) is 0 Å². The highest BCUT2D eigenvalue weighted by molar-refractivity contribution is 7.89. The molecule has 2 rings (SSSR count). The molecule has 0 unspecified atom stereocenters. The van der Waals surface area contributed by atoms with Crippen molar-refractivity contribution < 1.29 is 21.6 Å². The third-order valence-electron chi connectivity index (χ3n) is 4.02. The van der Waals surface area contributed by atoms with Gasteiger partial charge in [0.1, 0.15) is 5.75 Å². The Hall–Kier alpha value is -2.78. The van der Waals surface area contributed by atoms with Crippen molar-refractivity contribution in [2.75, 3.05) is 25.6 Å². The molecule has 1 amide bonds. The van der Waals surface area contributed by atoms with E-state index in [2.05, 4.69) is 0 Å². The van der Waals surface area contributed by atoms with Crippen LogP contribution in [0.3, 0.4) is 0 Å². The maximum absolute atomic E-state index is 11.6. The van der Waals surface area contributed by atoms with E-state index < -0.39 is 37.5 Å². The topological polar surface area (TPSA) is 142 Å². The van der Waals surface area contributed by atoms with Crippen LogP contribution < -0.4 is 5.73 Å². The van der Waals surface area contributed by atoms with Gasteiger partial charge in [-0.25, -0.2) is 21.1 Å². The summed E-state index contributed by atoms with van der Waals surface area (Å²) in [5.41, 5.74) is 6.63. The zero-order valence-electron chi connectivity index (χ0n) is 17.4. The van der Waals surface area contributed by atoms with Gasteiger partial charge >= 0.3 is 0 Å². The van der Waals surface area contributed by atoms with Crippen molar-refractivity contribution in [3.05, 3.63) is 71.8 Å². The second-order valence-electron chi connectivity index (χ2n) is 6.62. The van der Waals surface area contributed by atoms with E-state index in [-0.39, 0.29) is 6.54 Å². The van der Waals surface area contributed by atoms with Crippen molar-refractivity contribution in [2.45, 2.75) is 13.1 Å². The van der Waals surface area contributed by atoms with Crippen molar-refractivity contribution in [1.29, 1.82) is 5.26 Å². The molecule has 0 aliphatic carbocycles. The molecule has 0 fully saturated rings. The summed E-state index contributed by atoms with van der Waals surface area (Å²) in [6, 6.07) is 20.0. The highest BCUT2D eigenvalue weighted by Gasteiger charge is 2.20. The van der Waals surface area contributed by atoms with Crippen molar-refractivity contribution in [3.63, 3.8) is 0 Å². The Morgan fingerprint density at radius 1 is 0.839 bits per heavy atom. The first-order valence-corrected chi connectivity index (χ1v) is 12.3. The van der Waals surface area contributed by atoms with E-state index in [1.807, 2.05) is 60.7 Å². The number of carbonyl (C=O) groups is 1. The number of sulfonamides is 2. The summed E-state index contributed by atoms with van der Waals surface area (Å²) in [5.74, 6) is -1.98. The summed E-state index contributed by atoms with van der Waals surface area (Å²) < 4.78 is 48.3. The molecule has 0 aromatic heterocycles. The van der Waals surface area contributed by atoms with Crippen LogP contribution in [0.15, 0.2) is 60.7 Å². The lowest BCUT2D eigenvalue weighted by atomic mass is 10.2. The van der Waals surface area contributed by atoms with Gasteiger partial charge in [-0.3, -0.25) is 4.79 Å². The minimum absolute atomic E-state index is 0.233. The number of hydrogen-bond donors (Lipinski definition) is 1. The van der Waals surface area contributed by atoms with E-state index in [0.29, 0.717) is 6.54 Å². The Morgan fingerprint density at radius 3 is 1.58 bits per heavy atom. The molecule has 0 saturated heterocycles. The predicted molar refractivity (Wildman–Crippen MR) is 118 cm³/mol. The van der Waals surface area contributed by atoms with Gasteiger partial charge < -0.3 is 5.73 Å². The minimum atomic E-state index is -3.60. The second kappa shape index (κ2) is 12.2. The first-order chi connectivity index (χ1) is 14.5. The summed E-state index contributed by atoms with van der Waals surface area (Å²) in [4.78, 5) is 10.6. The summed E-state index contributed by atoms with van der Waals surface area (Å²) in [5, 5.41) is 8.36. The largest absolute Gasteiger partial charge is 0.369 e. The van der Waals surface area contributed by atoms with E-state index in [1.54, 1.807) is 6.07 Å². The molecule has 0 bridgehead atoms. The van der Waals surface area contributed by atoms with Crippen LogP contribution in [-0.4, -0.2) is 57.0 Å². The monoisotopic (exact) mass is 466 g/mol. The number of nitrogens with zero attached hydrogens (tertiary/aromatic N) is 3. The molecule has 0 spiro atoms. The quantitative estimate of drug-likeness (QED) is 0.582. The maximum Gasteiger partial charge on any atom is 0.234 e. The molecular weight excluding hydrogens is 440 g/mol. The first kappa shape index (κ1) is 26.3. The average Bonchev–Trinajstić information content (AvgIpc) is 2.69. The molecule has 0 aliphatic heterocycles. The molecule has 11 heteroatoms. The summed E-state index contributed by atoms with van der Waals surface area (Å²) in [6.45, 7) is 0.529. The fraction of sp³-hybridized carbons (Fsp3) is 0.300. The highest BCUT2D eigenvalue weighted by Crippen LogP contribution is 2.07. The van der Waals surface area contributed by atoms with Crippen molar-refractivity contribution >= 4 is 26.0 Å². The molecule has 9 nitrogen and oxygen atoms in total. The number of benzene rings is 2. The number of primary amides is 1. The average molecular weight is 467 g/mol. The van der Waals surface area contributed by atoms with Gasteiger partial charge in [-0.1, -0.05) is 60.7 Å². The van der Waals surface area contributed by atoms with Gasteiger partial charge in [0.15, 0.2) is 5.75 Å². The molecular formula is C20H26N4O5S2. The van der Waals surface area contributed by atoms with Gasteiger partial charge in [0.05, 0.1) is 6.07 Å². The number of amides is 1. The smallest absolute Gasteiger partial charge is 0.234 e. The third-order valence-corrected chi connectivity index (χ3v) is 7.32. The van der Waals surface area contributed by atoms with Crippen LogP contribution in [0.25, 0.3) is 0 Å². The van der Waals surface area contributed by atoms with Crippen molar-refractivity contribution in [1.82, 2.24) is 8.61 Å². The first-order valence-electron chi connectivity index (χ1n) is 9.09. The fourth-order valence-corrected chi connectivity index (χ4v) is 4.01. The van der Waals surface area contributed by atoms with Gasteiger partial charge in [0.25, 0.3) is 0 Å². The van der Waals surface area contributed by atoms with Crippen LogP contribution in [0.5, 0.6) is 0 Å². The maximum atomic E-state index is 11.6. The van der Waals surface area contributed by atoms with Gasteiger partial charge in [0, 0.05) is 27.2 Å². The normalized spacial score (nSPS) is 11.5. The van der Waals surface area contributed by atoms with E-state index in [1.165, 1.54) is 18.4 Å². The van der Waals surface area contributed by atoms with E-state index in [0.717, 1.165) is 15.4 Å². The SMILES string of the molecule is CN(Cc1ccccc1)S(=O)(=O)CC#N.CN(Cc1ccccc1)S(=O)(=O)CC(N)=O. The van der Waals surface area contributed by atoms with E-state index >= 15 is 0 Å². The fourth-order valence-electron chi connectivity index (χ4n) is 2.36. The summed E-state index contributed by atoms with van der Waals surface area (Å²) in [7, 11) is -4.14. The molecule has 2 N–H and O–H groups in total. The minimum Gasteiger partial charge on any atom is -0.369 e. The second-order valence-corrected chi connectivity index (χ2v) is 10.8. The Bertz CT molecular complexity index is 1080. The van der Waals surface area contributed by atoms with E-state index in [9.17, 15) is 21.6 Å². The summed E-state index contributed by atoms with van der Waals surface area (Å²) in [6.07, 6.45) is 0. The lowest BCUT2D eigenvalue weighted by Gasteiger charge is -2.15. The number of rotatable bonds is 9. The van der Waals surface area contributed by atoms with Crippen molar-refractivity contribution in [2.24, 2.45) is 5.73 Å². The van der Waals surface area contributed by atoms with Crippen LogP contribution in [0, 0.1) is 11.3 Å².